The van der Waals surface area contributed by atoms with Crippen molar-refractivity contribution in [2.45, 2.75) is 19.1 Å². The third-order valence-corrected chi connectivity index (χ3v) is 3.60. The van der Waals surface area contributed by atoms with Crippen molar-refractivity contribution in [3.8, 4) is 5.75 Å². The zero-order valence-corrected chi connectivity index (χ0v) is 12.5. The number of hydrogen-bond donors (Lipinski definition) is 0. The summed E-state index contributed by atoms with van der Waals surface area (Å²) in [5.74, 6) is 4.01. The lowest BCUT2D eigenvalue weighted by Gasteiger charge is -2.00. The van der Waals surface area contributed by atoms with Crippen LogP contribution in [-0.4, -0.2) is 23.1 Å². The van der Waals surface area contributed by atoms with Crippen molar-refractivity contribution in [2.75, 3.05) is 12.9 Å². The van der Waals surface area contributed by atoms with Crippen LogP contribution in [-0.2, 0) is 5.75 Å². The van der Waals surface area contributed by atoms with Crippen LogP contribution in [0.3, 0.4) is 0 Å². The number of hydrogen-bond acceptors (Lipinski definition) is 5. The quantitative estimate of drug-likeness (QED) is 0.727. The van der Waals surface area contributed by atoms with E-state index < -0.39 is 0 Å². The van der Waals surface area contributed by atoms with Crippen molar-refractivity contribution in [2.24, 2.45) is 0 Å². The SMILES string of the molecule is COc1cccc(C=CCCSCc2nnc(C)o2)c1. The Labute approximate surface area is 123 Å². The van der Waals surface area contributed by atoms with Crippen LogP contribution in [0.4, 0.5) is 0 Å². The molecular weight excluding hydrogens is 272 g/mol. The molecule has 5 heteroatoms. The van der Waals surface area contributed by atoms with Crippen LogP contribution in [0.5, 0.6) is 5.75 Å². The van der Waals surface area contributed by atoms with Gasteiger partial charge in [-0.1, -0.05) is 24.3 Å². The predicted molar refractivity (Wildman–Crippen MR) is 81.8 cm³/mol. The van der Waals surface area contributed by atoms with Gasteiger partial charge in [-0.3, -0.25) is 0 Å². The Morgan fingerprint density at radius 1 is 1.35 bits per heavy atom. The van der Waals surface area contributed by atoms with E-state index in [-0.39, 0.29) is 0 Å². The Morgan fingerprint density at radius 2 is 2.25 bits per heavy atom. The first-order chi connectivity index (χ1) is 9.78. The molecule has 0 atom stereocenters. The molecule has 1 aromatic carbocycles. The van der Waals surface area contributed by atoms with Crippen LogP contribution < -0.4 is 4.74 Å². The van der Waals surface area contributed by atoms with Gasteiger partial charge in [-0.2, -0.15) is 11.8 Å². The van der Waals surface area contributed by atoms with Crippen molar-refractivity contribution in [1.29, 1.82) is 0 Å². The Balaban J connectivity index is 1.68. The highest BCUT2D eigenvalue weighted by Crippen LogP contribution is 2.15. The third kappa shape index (κ3) is 4.74. The van der Waals surface area contributed by atoms with E-state index in [1.807, 2.05) is 18.2 Å². The van der Waals surface area contributed by atoms with Gasteiger partial charge in [0.15, 0.2) is 0 Å². The zero-order chi connectivity index (χ0) is 14.2. The normalized spacial score (nSPS) is 11.1. The molecule has 0 bridgehead atoms. The van der Waals surface area contributed by atoms with E-state index in [1.54, 1.807) is 25.8 Å². The van der Waals surface area contributed by atoms with Gasteiger partial charge in [-0.05, 0) is 29.9 Å². The van der Waals surface area contributed by atoms with E-state index in [2.05, 4.69) is 28.4 Å². The minimum atomic E-state index is 0.624. The summed E-state index contributed by atoms with van der Waals surface area (Å²) < 4.78 is 10.5. The molecule has 0 unspecified atom stereocenters. The van der Waals surface area contributed by atoms with Gasteiger partial charge in [0, 0.05) is 6.92 Å². The fraction of sp³-hybridized carbons (Fsp3) is 0.333. The van der Waals surface area contributed by atoms with Gasteiger partial charge in [0.25, 0.3) is 0 Å². The topological polar surface area (TPSA) is 48.2 Å². The van der Waals surface area contributed by atoms with Gasteiger partial charge in [0.2, 0.25) is 11.8 Å². The summed E-state index contributed by atoms with van der Waals surface area (Å²) in [5, 5.41) is 7.76. The molecule has 0 amide bonds. The second-order valence-electron chi connectivity index (χ2n) is 4.24. The molecule has 0 N–H and O–H groups in total. The molecule has 0 saturated carbocycles. The lowest BCUT2D eigenvalue weighted by molar-refractivity contribution is 0.414. The number of methoxy groups -OCH3 is 1. The third-order valence-electron chi connectivity index (χ3n) is 2.63. The highest BCUT2D eigenvalue weighted by molar-refractivity contribution is 7.98. The second-order valence-corrected chi connectivity index (χ2v) is 5.34. The fourth-order valence-electron chi connectivity index (χ4n) is 1.67. The molecule has 1 aromatic heterocycles. The van der Waals surface area contributed by atoms with Crippen molar-refractivity contribution in [1.82, 2.24) is 10.2 Å². The molecular formula is C15H18N2O2S. The zero-order valence-electron chi connectivity index (χ0n) is 11.7. The summed E-state index contributed by atoms with van der Waals surface area (Å²) in [6, 6.07) is 8.02. The highest BCUT2D eigenvalue weighted by Gasteiger charge is 2.00. The van der Waals surface area contributed by atoms with Crippen molar-refractivity contribution >= 4 is 17.8 Å². The number of ether oxygens (including phenoxy) is 1. The minimum absolute atomic E-state index is 0.624. The molecule has 0 saturated heterocycles. The van der Waals surface area contributed by atoms with Crippen LogP contribution >= 0.6 is 11.8 Å². The van der Waals surface area contributed by atoms with E-state index in [9.17, 15) is 0 Å². The molecule has 4 nitrogen and oxygen atoms in total. The average molecular weight is 290 g/mol. The molecule has 106 valence electrons. The van der Waals surface area contributed by atoms with Crippen LogP contribution in [0.2, 0.25) is 0 Å². The van der Waals surface area contributed by atoms with Crippen LogP contribution in [0.25, 0.3) is 6.08 Å². The molecule has 1 heterocycles. The Kier molecular flexibility index (Phi) is 5.68. The Morgan fingerprint density at radius 3 is 3.00 bits per heavy atom. The summed E-state index contributed by atoms with van der Waals surface area (Å²) in [4.78, 5) is 0. The second kappa shape index (κ2) is 7.75. The molecule has 0 radical (unpaired) electrons. The van der Waals surface area contributed by atoms with Gasteiger partial charge in [0.1, 0.15) is 5.75 Å². The monoisotopic (exact) mass is 290 g/mol. The lowest BCUT2D eigenvalue weighted by atomic mass is 10.2. The van der Waals surface area contributed by atoms with E-state index in [1.165, 1.54) is 0 Å². The number of rotatable bonds is 7. The number of aromatic nitrogens is 2. The van der Waals surface area contributed by atoms with Crippen molar-refractivity contribution in [3.63, 3.8) is 0 Å². The first kappa shape index (κ1) is 14.7. The number of nitrogens with zero attached hydrogens (tertiary/aromatic N) is 2. The van der Waals surface area contributed by atoms with Gasteiger partial charge in [0.05, 0.1) is 12.9 Å². The summed E-state index contributed by atoms with van der Waals surface area (Å²) in [6.07, 6.45) is 5.29. The molecule has 0 fully saturated rings. The molecule has 0 aliphatic heterocycles. The standard InChI is InChI=1S/C15H18N2O2S/c1-12-16-17-15(19-12)11-20-9-4-3-6-13-7-5-8-14(10-13)18-2/h3,5-8,10H,4,9,11H2,1-2H3. The number of thioether (sulfide) groups is 1. The summed E-state index contributed by atoms with van der Waals surface area (Å²) in [6.45, 7) is 1.80. The molecule has 2 aromatic rings. The maximum atomic E-state index is 5.31. The lowest BCUT2D eigenvalue weighted by Crippen LogP contribution is -1.83. The van der Waals surface area contributed by atoms with E-state index in [0.717, 1.165) is 29.2 Å². The molecule has 2 rings (SSSR count). The van der Waals surface area contributed by atoms with Gasteiger partial charge in [-0.15, -0.1) is 10.2 Å². The molecule has 0 aliphatic carbocycles. The van der Waals surface area contributed by atoms with Gasteiger partial charge >= 0.3 is 0 Å². The largest absolute Gasteiger partial charge is 0.497 e. The average Bonchev–Trinajstić information content (AvgIpc) is 2.88. The van der Waals surface area contributed by atoms with Crippen LogP contribution in [0.15, 0.2) is 34.8 Å². The summed E-state index contributed by atoms with van der Waals surface area (Å²) in [7, 11) is 1.68. The summed E-state index contributed by atoms with van der Waals surface area (Å²) in [5.41, 5.74) is 1.15. The minimum Gasteiger partial charge on any atom is -0.497 e. The first-order valence-corrected chi connectivity index (χ1v) is 7.61. The molecule has 0 spiro atoms. The fourth-order valence-corrected chi connectivity index (χ4v) is 2.41. The first-order valence-electron chi connectivity index (χ1n) is 6.45. The molecule has 20 heavy (non-hydrogen) atoms. The van der Waals surface area contributed by atoms with E-state index in [0.29, 0.717) is 11.8 Å². The van der Waals surface area contributed by atoms with E-state index in [4.69, 9.17) is 9.15 Å². The summed E-state index contributed by atoms with van der Waals surface area (Å²) >= 11 is 1.79. The predicted octanol–water partition coefficient (Wildman–Crippen LogP) is 3.72. The smallest absolute Gasteiger partial charge is 0.226 e. The Bertz CT molecular complexity index is 567. The maximum absolute atomic E-state index is 5.31. The highest BCUT2D eigenvalue weighted by atomic mass is 32.2. The number of allylic oxidation sites excluding steroid dienone is 1. The van der Waals surface area contributed by atoms with Gasteiger partial charge < -0.3 is 9.15 Å². The Hall–Kier alpha value is -1.75. The van der Waals surface area contributed by atoms with Crippen LogP contribution in [0.1, 0.15) is 23.8 Å². The molecule has 0 aliphatic rings. The van der Waals surface area contributed by atoms with Crippen molar-refractivity contribution in [3.05, 3.63) is 47.7 Å². The number of aryl methyl sites for hydroxylation is 1. The maximum Gasteiger partial charge on any atom is 0.226 e. The van der Waals surface area contributed by atoms with Gasteiger partial charge in [-0.25, -0.2) is 0 Å². The number of benzene rings is 1. The van der Waals surface area contributed by atoms with E-state index >= 15 is 0 Å². The van der Waals surface area contributed by atoms with Crippen molar-refractivity contribution < 1.29 is 9.15 Å². The van der Waals surface area contributed by atoms with Crippen LogP contribution in [0, 0.1) is 6.92 Å².